The van der Waals surface area contributed by atoms with Crippen LogP contribution in [0.25, 0.3) is 10.9 Å². The highest BCUT2D eigenvalue weighted by Gasteiger charge is 2.11. The van der Waals surface area contributed by atoms with Gasteiger partial charge >= 0.3 is 0 Å². The highest BCUT2D eigenvalue weighted by molar-refractivity contribution is 5.81. The fraction of sp³-hybridized carbons (Fsp3) is 0.188. The standard InChI is InChI=1S/C16H17N3O/c1-20-11-16(12-5-3-2-4-6-12)18-14-8-7-13-10-17-19-15(13)9-14/h2-10,16,18H,11H2,1H3,(H,17,19). The first-order valence-corrected chi connectivity index (χ1v) is 6.60. The summed E-state index contributed by atoms with van der Waals surface area (Å²) in [6.07, 6.45) is 1.82. The second-order valence-corrected chi connectivity index (χ2v) is 4.73. The molecule has 1 atom stereocenters. The molecular weight excluding hydrogens is 250 g/mol. The summed E-state index contributed by atoms with van der Waals surface area (Å²) < 4.78 is 5.32. The fourth-order valence-electron chi connectivity index (χ4n) is 2.30. The van der Waals surface area contributed by atoms with Gasteiger partial charge in [0.25, 0.3) is 0 Å². The molecule has 20 heavy (non-hydrogen) atoms. The van der Waals surface area contributed by atoms with E-state index in [4.69, 9.17) is 4.74 Å². The Kier molecular flexibility index (Phi) is 3.65. The van der Waals surface area contributed by atoms with Gasteiger partial charge in [-0.15, -0.1) is 0 Å². The van der Waals surface area contributed by atoms with Crippen LogP contribution in [0.3, 0.4) is 0 Å². The van der Waals surface area contributed by atoms with E-state index in [2.05, 4.69) is 45.8 Å². The number of aromatic amines is 1. The van der Waals surface area contributed by atoms with Gasteiger partial charge in [0.15, 0.2) is 0 Å². The van der Waals surface area contributed by atoms with Crippen LogP contribution >= 0.6 is 0 Å². The number of nitrogens with one attached hydrogen (secondary N) is 2. The van der Waals surface area contributed by atoms with Crippen molar-refractivity contribution in [3.8, 4) is 0 Å². The maximum atomic E-state index is 5.32. The van der Waals surface area contributed by atoms with Crippen molar-refractivity contribution in [2.45, 2.75) is 6.04 Å². The lowest BCUT2D eigenvalue weighted by Crippen LogP contribution is -2.16. The molecule has 0 fully saturated rings. The summed E-state index contributed by atoms with van der Waals surface area (Å²) in [6.45, 7) is 0.616. The number of rotatable bonds is 5. The van der Waals surface area contributed by atoms with Crippen LogP contribution in [0.5, 0.6) is 0 Å². The number of benzene rings is 2. The first kappa shape index (κ1) is 12.7. The lowest BCUT2D eigenvalue weighted by molar-refractivity contribution is 0.186. The molecule has 3 rings (SSSR count). The minimum absolute atomic E-state index is 0.126. The van der Waals surface area contributed by atoms with Crippen molar-refractivity contribution in [1.82, 2.24) is 10.2 Å². The van der Waals surface area contributed by atoms with E-state index in [1.807, 2.05) is 24.4 Å². The van der Waals surface area contributed by atoms with E-state index in [-0.39, 0.29) is 6.04 Å². The Morgan fingerprint density at radius 3 is 2.85 bits per heavy atom. The number of methoxy groups -OCH3 is 1. The van der Waals surface area contributed by atoms with Crippen LogP contribution < -0.4 is 5.32 Å². The van der Waals surface area contributed by atoms with Gasteiger partial charge in [-0.05, 0) is 23.8 Å². The molecule has 2 aromatic carbocycles. The molecule has 4 heteroatoms. The zero-order valence-corrected chi connectivity index (χ0v) is 11.3. The van der Waals surface area contributed by atoms with Crippen molar-refractivity contribution in [3.63, 3.8) is 0 Å². The second kappa shape index (κ2) is 5.75. The molecule has 4 nitrogen and oxygen atoms in total. The summed E-state index contributed by atoms with van der Waals surface area (Å²) in [4.78, 5) is 0. The Labute approximate surface area is 117 Å². The highest BCUT2D eigenvalue weighted by atomic mass is 16.5. The van der Waals surface area contributed by atoms with E-state index in [0.29, 0.717) is 6.61 Å². The van der Waals surface area contributed by atoms with Gasteiger partial charge in [0, 0.05) is 18.2 Å². The average Bonchev–Trinajstić information content (AvgIpc) is 2.95. The quantitative estimate of drug-likeness (QED) is 0.745. The van der Waals surface area contributed by atoms with Crippen molar-refractivity contribution >= 4 is 16.6 Å². The molecule has 0 spiro atoms. The Hall–Kier alpha value is -2.33. The highest BCUT2D eigenvalue weighted by Crippen LogP contribution is 2.22. The zero-order valence-electron chi connectivity index (χ0n) is 11.3. The molecule has 0 saturated carbocycles. The van der Waals surface area contributed by atoms with Gasteiger partial charge in [0.2, 0.25) is 0 Å². The van der Waals surface area contributed by atoms with E-state index >= 15 is 0 Å². The van der Waals surface area contributed by atoms with Crippen molar-refractivity contribution in [3.05, 3.63) is 60.3 Å². The van der Waals surface area contributed by atoms with Crippen LogP contribution in [0.2, 0.25) is 0 Å². The summed E-state index contributed by atoms with van der Waals surface area (Å²) in [6, 6.07) is 16.6. The van der Waals surface area contributed by atoms with Crippen molar-refractivity contribution in [1.29, 1.82) is 0 Å². The van der Waals surface area contributed by atoms with Gasteiger partial charge in [-0.3, -0.25) is 5.10 Å². The van der Waals surface area contributed by atoms with Gasteiger partial charge in [-0.2, -0.15) is 5.10 Å². The second-order valence-electron chi connectivity index (χ2n) is 4.73. The number of ether oxygens (including phenoxy) is 1. The molecule has 1 heterocycles. The lowest BCUT2D eigenvalue weighted by atomic mass is 10.1. The van der Waals surface area contributed by atoms with Crippen molar-refractivity contribution < 1.29 is 4.74 Å². The Balaban J connectivity index is 1.85. The normalized spacial score (nSPS) is 12.4. The average molecular weight is 267 g/mol. The summed E-state index contributed by atoms with van der Waals surface area (Å²) in [5.74, 6) is 0. The third-order valence-corrected chi connectivity index (χ3v) is 3.32. The number of fused-ring (bicyclic) bond motifs is 1. The Bertz CT molecular complexity index is 678. The van der Waals surface area contributed by atoms with Crippen LogP contribution in [0.15, 0.2) is 54.7 Å². The minimum Gasteiger partial charge on any atom is -0.382 e. The van der Waals surface area contributed by atoms with Crippen LogP contribution in [0.4, 0.5) is 5.69 Å². The minimum atomic E-state index is 0.126. The number of nitrogens with zero attached hydrogens (tertiary/aromatic N) is 1. The summed E-state index contributed by atoms with van der Waals surface area (Å²) >= 11 is 0. The third kappa shape index (κ3) is 2.65. The smallest absolute Gasteiger partial charge is 0.0747 e. The molecular formula is C16H17N3O. The molecule has 2 N–H and O–H groups in total. The number of aromatic nitrogens is 2. The van der Waals surface area contributed by atoms with Gasteiger partial charge in [0.05, 0.1) is 24.4 Å². The molecule has 102 valence electrons. The Morgan fingerprint density at radius 2 is 2.05 bits per heavy atom. The SMILES string of the molecule is COCC(Nc1ccc2cn[nH]c2c1)c1ccccc1. The van der Waals surface area contributed by atoms with Gasteiger partial charge in [-0.1, -0.05) is 30.3 Å². The van der Waals surface area contributed by atoms with Gasteiger partial charge in [0.1, 0.15) is 0 Å². The largest absolute Gasteiger partial charge is 0.382 e. The van der Waals surface area contributed by atoms with E-state index in [1.54, 1.807) is 7.11 Å². The van der Waals surface area contributed by atoms with E-state index in [0.717, 1.165) is 16.6 Å². The van der Waals surface area contributed by atoms with Crippen LogP contribution in [0.1, 0.15) is 11.6 Å². The molecule has 0 radical (unpaired) electrons. The maximum absolute atomic E-state index is 5.32. The fourth-order valence-corrected chi connectivity index (χ4v) is 2.30. The molecule has 0 saturated heterocycles. The van der Waals surface area contributed by atoms with Gasteiger partial charge in [-0.25, -0.2) is 0 Å². The monoisotopic (exact) mass is 267 g/mol. The predicted octanol–water partition coefficient (Wildman–Crippen LogP) is 3.36. The topological polar surface area (TPSA) is 49.9 Å². The molecule has 0 aliphatic heterocycles. The van der Waals surface area contributed by atoms with Crippen molar-refractivity contribution in [2.75, 3.05) is 19.0 Å². The van der Waals surface area contributed by atoms with Crippen LogP contribution in [-0.4, -0.2) is 23.9 Å². The number of hydrogen-bond acceptors (Lipinski definition) is 3. The molecule has 0 aliphatic carbocycles. The van der Waals surface area contributed by atoms with Crippen molar-refractivity contribution in [2.24, 2.45) is 0 Å². The van der Waals surface area contributed by atoms with E-state index in [9.17, 15) is 0 Å². The molecule has 1 unspecified atom stereocenters. The zero-order chi connectivity index (χ0) is 13.8. The first-order chi connectivity index (χ1) is 9.86. The Morgan fingerprint density at radius 1 is 1.20 bits per heavy atom. The third-order valence-electron chi connectivity index (χ3n) is 3.32. The molecule has 3 aromatic rings. The molecule has 0 amide bonds. The first-order valence-electron chi connectivity index (χ1n) is 6.60. The molecule has 1 aromatic heterocycles. The summed E-state index contributed by atoms with van der Waals surface area (Å²) in [7, 11) is 1.72. The number of H-pyrrole nitrogens is 1. The number of anilines is 1. The van der Waals surface area contributed by atoms with E-state index in [1.165, 1.54) is 5.56 Å². The van der Waals surface area contributed by atoms with Gasteiger partial charge < -0.3 is 10.1 Å². The molecule has 0 bridgehead atoms. The number of hydrogen-bond donors (Lipinski definition) is 2. The van der Waals surface area contributed by atoms with E-state index < -0.39 is 0 Å². The van der Waals surface area contributed by atoms with Crippen LogP contribution in [0, 0.1) is 0 Å². The molecule has 0 aliphatic rings. The summed E-state index contributed by atoms with van der Waals surface area (Å²) in [5.41, 5.74) is 3.28. The maximum Gasteiger partial charge on any atom is 0.0747 e. The van der Waals surface area contributed by atoms with Crippen LogP contribution in [-0.2, 0) is 4.74 Å². The lowest BCUT2D eigenvalue weighted by Gasteiger charge is -2.19. The predicted molar refractivity (Wildman–Crippen MR) is 80.8 cm³/mol. The summed E-state index contributed by atoms with van der Waals surface area (Å²) in [5, 5.41) is 11.6.